The summed E-state index contributed by atoms with van der Waals surface area (Å²) >= 11 is 0. The summed E-state index contributed by atoms with van der Waals surface area (Å²) in [5, 5.41) is 3.18. The topological polar surface area (TPSA) is 57.8 Å². The highest BCUT2D eigenvalue weighted by atomic mass is 16.1. The van der Waals surface area contributed by atoms with E-state index in [2.05, 4.69) is 63.8 Å². The number of anilines is 1. The van der Waals surface area contributed by atoms with Gasteiger partial charge in [-0.3, -0.25) is 4.79 Å². The average Bonchev–Trinajstić information content (AvgIpc) is 2.54. The summed E-state index contributed by atoms with van der Waals surface area (Å²) in [6.07, 6.45) is 0.934. The van der Waals surface area contributed by atoms with E-state index in [1.54, 1.807) is 6.92 Å². The molecule has 23 heavy (non-hydrogen) atoms. The number of H-pyrrole nitrogens is 1. The molecule has 116 valence electrons. The monoisotopic (exact) mass is 305 g/mol. The zero-order valence-corrected chi connectivity index (χ0v) is 13.0. The van der Waals surface area contributed by atoms with E-state index in [1.807, 2.05) is 6.07 Å². The maximum absolute atomic E-state index is 11.4. The molecule has 1 aromatic heterocycles. The van der Waals surface area contributed by atoms with Crippen LogP contribution in [0.3, 0.4) is 0 Å². The van der Waals surface area contributed by atoms with Gasteiger partial charge in [-0.2, -0.15) is 0 Å². The summed E-state index contributed by atoms with van der Waals surface area (Å²) in [4.78, 5) is 18.3. The van der Waals surface area contributed by atoms with Crippen LogP contribution in [0.2, 0.25) is 0 Å². The van der Waals surface area contributed by atoms with Crippen LogP contribution in [-0.4, -0.2) is 9.97 Å². The first-order valence-corrected chi connectivity index (χ1v) is 7.62. The lowest BCUT2D eigenvalue weighted by Gasteiger charge is -2.07. The minimum atomic E-state index is -0.141. The van der Waals surface area contributed by atoms with Crippen molar-refractivity contribution in [1.82, 2.24) is 9.97 Å². The number of hydrogen-bond donors (Lipinski definition) is 2. The fourth-order valence-corrected chi connectivity index (χ4v) is 2.47. The van der Waals surface area contributed by atoms with E-state index >= 15 is 0 Å². The third kappa shape index (κ3) is 4.30. The number of hydrogen-bond acceptors (Lipinski definition) is 3. The smallest absolute Gasteiger partial charge is 0.252 e. The zero-order valence-electron chi connectivity index (χ0n) is 13.0. The van der Waals surface area contributed by atoms with Gasteiger partial charge < -0.3 is 10.3 Å². The van der Waals surface area contributed by atoms with Gasteiger partial charge in [0.05, 0.1) is 0 Å². The summed E-state index contributed by atoms with van der Waals surface area (Å²) in [6.45, 7) is 2.41. The lowest BCUT2D eigenvalue weighted by atomic mass is 10.0. The normalized spacial score (nSPS) is 10.5. The Bertz CT molecular complexity index is 823. The molecule has 0 saturated heterocycles. The molecule has 4 heteroatoms. The van der Waals surface area contributed by atoms with E-state index in [0.717, 1.165) is 12.0 Å². The van der Waals surface area contributed by atoms with Crippen LogP contribution < -0.4 is 10.9 Å². The van der Waals surface area contributed by atoms with E-state index < -0.39 is 0 Å². The van der Waals surface area contributed by atoms with Crippen molar-refractivity contribution in [3.05, 3.63) is 93.5 Å². The maximum atomic E-state index is 11.4. The van der Waals surface area contributed by atoms with Gasteiger partial charge in [0, 0.05) is 12.6 Å². The Balaban J connectivity index is 1.62. The molecule has 1 heterocycles. The molecule has 0 aliphatic heterocycles. The predicted octanol–water partition coefficient (Wildman–Crippen LogP) is 3.28. The molecule has 0 aliphatic carbocycles. The zero-order chi connectivity index (χ0) is 16.1. The van der Waals surface area contributed by atoms with Crippen LogP contribution in [0.4, 0.5) is 5.82 Å². The van der Waals surface area contributed by atoms with Gasteiger partial charge in [0.15, 0.2) is 0 Å². The van der Waals surface area contributed by atoms with Gasteiger partial charge in [-0.05, 0) is 30.0 Å². The van der Waals surface area contributed by atoms with Crippen molar-refractivity contribution in [2.24, 2.45) is 0 Å². The van der Waals surface area contributed by atoms with Crippen LogP contribution >= 0.6 is 0 Å². The molecule has 4 nitrogen and oxygen atoms in total. The first kappa shape index (κ1) is 15.0. The SMILES string of the molecule is Cc1nc(NCc2ccc(Cc3ccccc3)cc2)cc(=O)[nH]1. The van der Waals surface area contributed by atoms with Crippen molar-refractivity contribution >= 4 is 5.82 Å². The van der Waals surface area contributed by atoms with Crippen LogP contribution in [0.15, 0.2) is 65.5 Å². The number of aryl methyl sites for hydroxylation is 1. The second-order valence-corrected chi connectivity index (χ2v) is 5.55. The number of aromatic nitrogens is 2. The molecule has 0 saturated carbocycles. The Hall–Kier alpha value is -2.88. The number of nitrogens with one attached hydrogen (secondary N) is 2. The molecule has 0 fully saturated rings. The second kappa shape index (κ2) is 6.92. The minimum Gasteiger partial charge on any atom is -0.366 e. The summed E-state index contributed by atoms with van der Waals surface area (Å²) in [7, 11) is 0. The summed E-state index contributed by atoms with van der Waals surface area (Å²) in [5.74, 6) is 1.21. The van der Waals surface area contributed by atoms with Crippen LogP contribution in [0, 0.1) is 6.92 Å². The molecule has 0 amide bonds. The Morgan fingerprint density at radius 2 is 1.61 bits per heavy atom. The molecule has 0 spiro atoms. The molecule has 0 atom stereocenters. The van der Waals surface area contributed by atoms with Crippen molar-refractivity contribution in [3.63, 3.8) is 0 Å². The molecule has 3 aromatic rings. The van der Waals surface area contributed by atoms with Gasteiger partial charge in [0.25, 0.3) is 5.56 Å². The lowest BCUT2D eigenvalue weighted by molar-refractivity contribution is 0.996. The van der Waals surface area contributed by atoms with Gasteiger partial charge in [-0.1, -0.05) is 54.6 Å². The van der Waals surface area contributed by atoms with E-state index in [9.17, 15) is 4.79 Å². The highest BCUT2D eigenvalue weighted by molar-refractivity contribution is 5.35. The highest BCUT2D eigenvalue weighted by Gasteiger charge is 2.00. The van der Waals surface area contributed by atoms with Crippen molar-refractivity contribution in [2.45, 2.75) is 19.9 Å². The summed E-state index contributed by atoms with van der Waals surface area (Å²) < 4.78 is 0. The fraction of sp³-hybridized carbons (Fsp3) is 0.158. The Morgan fingerprint density at radius 1 is 0.957 bits per heavy atom. The highest BCUT2D eigenvalue weighted by Crippen LogP contribution is 2.11. The molecule has 3 rings (SSSR count). The predicted molar refractivity (Wildman–Crippen MR) is 92.6 cm³/mol. The lowest BCUT2D eigenvalue weighted by Crippen LogP contribution is -2.11. The quantitative estimate of drug-likeness (QED) is 0.760. The average molecular weight is 305 g/mol. The maximum Gasteiger partial charge on any atom is 0.252 e. The Kier molecular flexibility index (Phi) is 4.52. The molecule has 0 unspecified atom stereocenters. The largest absolute Gasteiger partial charge is 0.366 e. The Morgan fingerprint density at radius 3 is 2.30 bits per heavy atom. The second-order valence-electron chi connectivity index (χ2n) is 5.55. The minimum absolute atomic E-state index is 0.141. The third-order valence-electron chi connectivity index (χ3n) is 3.61. The molecule has 0 aliphatic rings. The summed E-state index contributed by atoms with van der Waals surface area (Å²) in [5.41, 5.74) is 3.60. The number of benzene rings is 2. The molecule has 0 radical (unpaired) electrons. The van der Waals surface area contributed by atoms with Crippen LogP contribution in [0.25, 0.3) is 0 Å². The molecule has 0 bridgehead atoms. The van der Waals surface area contributed by atoms with Crippen LogP contribution in [0.5, 0.6) is 0 Å². The Labute approximate surface area is 135 Å². The van der Waals surface area contributed by atoms with Crippen LogP contribution in [-0.2, 0) is 13.0 Å². The van der Waals surface area contributed by atoms with Crippen molar-refractivity contribution in [2.75, 3.05) is 5.32 Å². The first-order valence-electron chi connectivity index (χ1n) is 7.62. The third-order valence-corrected chi connectivity index (χ3v) is 3.61. The number of rotatable bonds is 5. The van der Waals surface area contributed by atoms with Gasteiger partial charge in [-0.15, -0.1) is 0 Å². The van der Waals surface area contributed by atoms with Gasteiger partial charge in [-0.25, -0.2) is 4.98 Å². The molecule has 2 aromatic carbocycles. The molecular formula is C19H19N3O. The number of nitrogens with zero attached hydrogens (tertiary/aromatic N) is 1. The first-order chi connectivity index (χ1) is 11.2. The van der Waals surface area contributed by atoms with Gasteiger partial charge in [0.1, 0.15) is 11.6 Å². The van der Waals surface area contributed by atoms with Crippen molar-refractivity contribution in [3.8, 4) is 0 Å². The van der Waals surface area contributed by atoms with E-state index in [0.29, 0.717) is 18.2 Å². The van der Waals surface area contributed by atoms with E-state index in [1.165, 1.54) is 17.2 Å². The molecule has 2 N–H and O–H groups in total. The van der Waals surface area contributed by atoms with Crippen molar-refractivity contribution < 1.29 is 0 Å². The van der Waals surface area contributed by atoms with Crippen LogP contribution in [0.1, 0.15) is 22.5 Å². The van der Waals surface area contributed by atoms with E-state index in [-0.39, 0.29) is 5.56 Å². The molecular weight excluding hydrogens is 286 g/mol. The van der Waals surface area contributed by atoms with Gasteiger partial charge in [0.2, 0.25) is 0 Å². The summed E-state index contributed by atoms with van der Waals surface area (Å²) in [6, 6.07) is 20.4. The fourth-order valence-electron chi connectivity index (χ4n) is 2.47. The van der Waals surface area contributed by atoms with Gasteiger partial charge >= 0.3 is 0 Å². The number of aromatic amines is 1. The van der Waals surface area contributed by atoms with Crippen molar-refractivity contribution in [1.29, 1.82) is 0 Å². The standard InChI is InChI=1S/C19H19N3O/c1-14-21-18(12-19(23)22-14)20-13-17-9-7-16(8-10-17)11-15-5-3-2-4-6-15/h2-10,12H,11,13H2,1H3,(H2,20,21,22,23). The van der Waals surface area contributed by atoms with E-state index in [4.69, 9.17) is 0 Å².